The Kier molecular flexibility index (Phi) is 8.85. The van der Waals surface area contributed by atoms with Crippen molar-refractivity contribution >= 4 is 0 Å². The molecule has 16 heteroatoms. The molecular formula is C18H32O16. The summed E-state index contributed by atoms with van der Waals surface area (Å²) in [5, 5.41) is 122. The minimum Gasteiger partial charge on any atom is -0.394 e. The summed E-state index contributed by atoms with van der Waals surface area (Å²) in [6, 6.07) is 0. The van der Waals surface area contributed by atoms with E-state index in [-0.39, 0.29) is 0 Å². The summed E-state index contributed by atoms with van der Waals surface area (Å²) in [5.74, 6) is 0. The molecule has 0 aromatic heterocycles. The third-order valence-corrected chi connectivity index (χ3v) is 6.56. The highest BCUT2D eigenvalue weighted by Gasteiger charge is 2.67. The van der Waals surface area contributed by atoms with Gasteiger partial charge in [0.05, 0.1) is 19.8 Å². The molecule has 0 amide bonds. The van der Waals surface area contributed by atoms with Gasteiger partial charge >= 0.3 is 0 Å². The van der Waals surface area contributed by atoms with Crippen LogP contribution in [0.5, 0.6) is 0 Å². The van der Waals surface area contributed by atoms with Gasteiger partial charge in [-0.25, -0.2) is 0 Å². The van der Waals surface area contributed by atoms with E-state index < -0.39 is 111 Å². The van der Waals surface area contributed by atoms with E-state index in [1.807, 2.05) is 0 Å². The topological polar surface area (TPSA) is 280 Å². The van der Waals surface area contributed by atoms with Crippen LogP contribution in [0.4, 0.5) is 0 Å². The molecule has 0 aliphatic carbocycles. The molecule has 15 atom stereocenters. The molecular weight excluding hydrogens is 472 g/mol. The van der Waals surface area contributed by atoms with E-state index in [9.17, 15) is 61.3 Å². The molecule has 16 nitrogen and oxygen atoms in total. The predicted molar refractivity (Wildman–Crippen MR) is 101 cm³/mol. The predicted octanol–water partition coefficient (Wildman–Crippen LogP) is -8.18. The van der Waals surface area contributed by atoms with Crippen LogP contribution in [0.3, 0.4) is 0 Å². The standard InChI is InChI=1S/C18H32O16/c19-1-4-7(22)9(24)11(26)15(31-4)18(6(3-21)33-16(30)13(28)14(18)29)34-17-12(27)10(25)8(23)5(2-20)32-17/h4-17,19-30H,1-3H2/t4-,5-,6-,7+,8+,9+,10+,11-,12-,13-,14-,15?,16-,17+,18-/m1/s1. The summed E-state index contributed by atoms with van der Waals surface area (Å²) < 4.78 is 21.5. The molecule has 0 radical (unpaired) electrons. The van der Waals surface area contributed by atoms with Crippen molar-refractivity contribution in [3.05, 3.63) is 0 Å². The molecule has 3 aliphatic heterocycles. The lowest BCUT2D eigenvalue weighted by atomic mass is 9.74. The van der Waals surface area contributed by atoms with Gasteiger partial charge in [0.15, 0.2) is 18.2 Å². The summed E-state index contributed by atoms with van der Waals surface area (Å²) in [6.07, 6.45) is -27.3. The van der Waals surface area contributed by atoms with Gasteiger partial charge in [0.2, 0.25) is 0 Å². The number of aliphatic hydroxyl groups is 12. The zero-order valence-corrected chi connectivity index (χ0v) is 17.7. The SMILES string of the molecule is OC[C@H]1O[C@@H](O[C@@]2(C3O[C@H](CO)[C@H](O)[C@H](O)[C@H]3O)[C@H](O)[C@@H](O)[C@H](O)O[C@@H]2CO)[C@H](O)[C@@H](O)[C@H]1O. The number of hydrogen-bond acceptors (Lipinski definition) is 16. The van der Waals surface area contributed by atoms with Crippen LogP contribution in [-0.4, -0.2) is 173 Å². The molecule has 12 N–H and O–H groups in total. The van der Waals surface area contributed by atoms with E-state index >= 15 is 0 Å². The molecule has 3 saturated heterocycles. The Balaban J connectivity index is 2.09. The van der Waals surface area contributed by atoms with Crippen LogP contribution in [0.15, 0.2) is 0 Å². The average Bonchev–Trinajstić information content (AvgIpc) is 2.83. The number of ether oxygens (including phenoxy) is 4. The minimum absolute atomic E-state index is 0.859. The van der Waals surface area contributed by atoms with Crippen molar-refractivity contribution in [1.29, 1.82) is 0 Å². The van der Waals surface area contributed by atoms with E-state index in [1.54, 1.807) is 0 Å². The highest BCUT2D eigenvalue weighted by molar-refractivity contribution is 5.13. The second-order valence-electron chi connectivity index (χ2n) is 8.55. The first-order valence-electron chi connectivity index (χ1n) is 10.6. The summed E-state index contributed by atoms with van der Waals surface area (Å²) >= 11 is 0. The van der Waals surface area contributed by atoms with Crippen LogP contribution in [0.2, 0.25) is 0 Å². The largest absolute Gasteiger partial charge is 0.394 e. The first-order valence-corrected chi connectivity index (χ1v) is 10.6. The lowest BCUT2D eigenvalue weighted by Gasteiger charge is -2.57. The Morgan fingerprint density at radius 2 is 1.09 bits per heavy atom. The lowest BCUT2D eigenvalue weighted by molar-refractivity contribution is -0.418. The Morgan fingerprint density at radius 1 is 0.559 bits per heavy atom. The minimum atomic E-state index is -2.70. The van der Waals surface area contributed by atoms with Crippen LogP contribution in [0, 0.1) is 0 Å². The van der Waals surface area contributed by atoms with Crippen molar-refractivity contribution in [3.8, 4) is 0 Å². The van der Waals surface area contributed by atoms with Crippen LogP contribution in [-0.2, 0) is 18.9 Å². The van der Waals surface area contributed by atoms with Crippen molar-refractivity contribution in [3.63, 3.8) is 0 Å². The Bertz CT molecular complexity index is 662. The van der Waals surface area contributed by atoms with Crippen molar-refractivity contribution < 1.29 is 80.2 Å². The van der Waals surface area contributed by atoms with Crippen LogP contribution < -0.4 is 0 Å². The zero-order chi connectivity index (χ0) is 25.5. The van der Waals surface area contributed by atoms with Crippen LogP contribution in [0.25, 0.3) is 0 Å². The fourth-order valence-electron chi connectivity index (χ4n) is 4.56. The molecule has 0 spiro atoms. The van der Waals surface area contributed by atoms with E-state index in [4.69, 9.17) is 18.9 Å². The first-order chi connectivity index (χ1) is 16.0. The Labute approximate surface area is 192 Å². The number of rotatable bonds is 6. The molecule has 3 heterocycles. The van der Waals surface area contributed by atoms with E-state index in [2.05, 4.69) is 0 Å². The average molecular weight is 504 g/mol. The number of aliphatic hydroxyl groups excluding tert-OH is 12. The number of hydrogen-bond donors (Lipinski definition) is 12. The highest BCUT2D eigenvalue weighted by atomic mass is 16.7. The quantitative estimate of drug-likeness (QED) is 0.160. The summed E-state index contributed by atoms with van der Waals surface area (Å²) in [7, 11) is 0. The molecule has 34 heavy (non-hydrogen) atoms. The maximum Gasteiger partial charge on any atom is 0.187 e. The third kappa shape index (κ3) is 4.48. The Hall–Kier alpha value is -0.640. The molecule has 0 bridgehead atoms. The van der Waals surface area contributed by atoms with Gasteiger partial charge in [-0.05, 0) is 0 Å². The molecule has 1 unspecified atom stereocenters. The van der Waals surface area contributed by atoms with E-state index in [1.165, 1.54) is 0 Å². The van der Waals surface area contributed by atoms with Crippen molar-refractivity contribution in [1.82, 2.24) is 0 Å². The van der Waals surface area contributed by atoms with Gasteiger partial charge in [-0.1, -0.05) is 0 Å². The molecule has 3 fully saturated rings. The van der Waals surface area contributed by atoms with Crippen molar-refractivity contribution in [2.45, 2.75) is 91.4 Å². The normalized spacial score (nSPS) is 54.7. The van der Waals surface area contributed by atoms with Gasteiger partial charge in [0.25, 0.3) is 0 Å². The van der Waals surface area contributed by atoms with Gasteiger partial charge in [-0.15, -0.1) is 0 Å². The maximum atomic E-state index is 11.0. The molecule has 3 rings (SSSR count). The van der Waals surface area contributed by atoms with Crippen molar-refractivity contribution in [2.75, 3.05) is 19.8 Å². The second kappa shape index (κ2) is 10.8. The second-order valence-corrected chi connectivity index (χ2v) is 8.55. The van der Waals surface area contributed by atoms with Gasteiger partial charge in [0, 0.05) is 0 Å². The van der Waals surface area contributed by atoms with Gasteiger partial charge in [-0.3, -0.25) is 0 Å². The van der Waals surface area contributed by atoms with Crippen LogP contribution >= 0.6 is 0 Å². The highest BCUT2D eigenvalue weighted by Crippen LogP contribution is 2.43. The van der Waals surface area contributed by atoms with E-state index in [0.717, 1.165) is 0 Å². The maximum absolute atomic E-state index is 11.0. The molecule has 0 aromatic carbocycles. The summed E-state index contributed by atoms with van der Waals surface area (Å²) in [5.41, 5.74) is -2.70. The van der Waals surface area contributed by atoms with Gasteiger partial charge in [0.1, 0.15) is 73.2 Å². The van der Waals surface area contributed by atoms with Crippen molar-refractivity contribution in [2.24, 2.45) is 0 Å². The molecule has 0 aromatic rings. The van der Waals surface area contributed by atoms with Gasteiger partial charge < -0.3 is 80.2 Å². The third-order valence-electron chi connectivity index (χ3n) is 6.56. The molecule has 200 valence electrons. The fourth-order valence-corrected chi connectivity index (χ4v) is 4.56. The Morgan fingerprint density at radius 3 is 1.62 bits per heavy atom. The lowest BCUT2D eigenvalue weighted by Crippen LogP contribution is -2.79. The smallest absolute Gasteiger partial charge is 0.187 e. The first kappa shape index (κ1) is 27.9. The van der Waals surface area contributed by atoms with E-state index in [0.29, 0.717) is 0 Å². The van der Waals surface area contributed by atoms with Gasteiger partial charge in [-0.2, -0.15) is 0 Å². The molecule has 3 aliphatic rings. The summed E-state index contributed by atoms with van der Waals surface area (Å²) in [4.78, 5) is 0. The zero-order valence-electron chi connectivity index (χ0n) is 17.7. The summed E-state index contributed by atoms with van der Waals surface area (Å²) in [6.45, 7) is -2.83. The molecule has 0 saturated carbocycles. The van der Waals surface area contributed by atoms with Crippen LogP contribution in [0.1, 0.15) is 0 Å². The fraction of sp³-hybridized carbons (Fsp3) is 1.00. The monoisotopic (exact) mass is 504 g/mol.